The van der Waals surface area contributed by atoms with E-state index in [1.807, 2.05) is 52.0 Å². The Hall–Kier alpha value is -7.31. The van der Waals surface area contributed by atoms with Crippen molar-refractivity contribution >= 4 is 76.8 Å². The number of aliphatic carboxylic acids is 1. The van der Waals surface area contributed by atoms with E-state index in [4.69, 9.17) is 5.73 Å². The third-order valence-corrected chi connectivity index (χ3v) is 13.8. The van der Waals surface area contributed by atoms with Crippen molar-refractivity contribution in [3.05, 3.63) is 90.1 Å². The molecule has 438 valence electrons. The average Bonchev–Trinajstić information content (AvgIpc) is 4.09. The van der Waals surface area contributed by atoms with E-state index in [0.29, 0.717) is 29.7 Å². The van der Waals surface area contributed by atoms with Crippen LogP contribution in [-0.4, -0.2) is 145 Å². The number of aromatic nitrogens is 3. The van der Waals surface area contributed by atoms with Crippen LogP contribution in [0.25, 0.3) is 10.9 Å². The molecule has 8 amide bonds. The quantitative estimate of drug-likeness (QED) is 0.0300. The molecule has 0 aliphatic heterocycles. The van der Waals surface area contributed by atoms with E-state index in [-0.39, 0.29) is 55.6 Å². The Bertz CT molecular complexity index is 2690. The molecule has 0 aliphatic carbocycles. The molecule has 0 radical (unpaired) electrons. The summed E-state index contributed by atoms with van der Waals surface area (Å²) in [5.41, 5.74) is 8.72. The highest BCUT2D eigenvalue weighted by Crippen LogP contribution is 2.20. The summed E-state index contributed by atoms with van der Waals surface area (Å²) in [7, 11) is 0. The lowest BCUT2D eigenvalue weighted by atomic mass is 9.97. The zero-order chi connectivity index (χ0) is 59.2. The fourth-order valence-electron chi connectivity index (χ4n) is 8.87. The molecule has 0 spiro atoms. The van der Waals surface area contributed by atoms with Crippen molar-refractivity contribution in [1.29, 1.82) is 0 Å². The molecule has 80 heavy (non-hydrogen) atoms. The summed E-state index contributed by atoms with van der Waals surface area (Å²) >= 11 is 4.15. The number of thiol groups is 1. The Kier molecular flexibility index (Phi) is 26.1. The van der Waals surface area contributed by atoms with Crippen LogP contribution in [0.4, 0.5) is 0 Å². The number of hydrogen-bond acceptors (Lipinski definition) is 13. The van der Waals surface area contributed by atoms with Gasteiger partial charge in [-0.3, -0.25) is 38.4 Å². The first-order valence-electron chi connectivity index (χ1n) is 27.1. The summed E-state index contributed by atoms with van der Waals surface area (Å²) in [5, 5.41) is 42.0. The van der Waals surface area contributed by atoms with E-state index in [0.717, 1.165) is 10.9 Å². The number of rotatable bonds is 33. The first-order chi connectivity index (χ1) is 37.9. The monoisotopic (exact) mass is 1130 g/mol. The van der Waals surface area contributed by atoms with Crippen molar-refractivity contribution in [2.24, 2.45) is 29.4 Å². The number of amides is 8. The zero-order valence-electron chi connectivity index (χ0n) is 46.8. The normalized spacial score (nSPS) is 15.2. The number of carbonyl (C=O) groups is 9. The maximum Gasteiger partial charge on any atom is 0.326 e. The average molecular weight is 1130 g/mol. The van der Waals surface area contributed by atoms with Crippen molar-refractivity contribution in [2.45, 2.75) is 155 Å². The molecular weight excluding hydrogens is 1050 g/mol. The summed E-state index contributed by atoms with van der Waals surface area (Å²) in [6, 6.07) is 4.49. The summed E-state index contributed by atoms with van der Waals surface area (Å²) in [4.78, 5) is 135. The number of hydrogen-bond donors (Lipinski definition) is 14. The second-order valence-corrected chi connectivity index (χ2v) is 21.9. The van der Waals surface area contributed by atoms with Gasteiger partial charge in [-0.1, -0.05) is 110 Å². The Labute approximate surface area is 472 Å². The van der Waals surface area contributed by atoms with Crippen molar-refractivity contribution in [1.82, 2.24) is 57.5 Å². The summed E-state index contributed by atoms with van der Waals surface area (Å²) in [6.07, 6.45) is 5.25. The Balaban J connectivity index is 1.64. The molecule has 0 bridgehead atoms. The number of fused-ring (bicyclic) bond motifs is 1. The number of aromatic amines is 2. The Morgan fingerprint density at radius 1 is 0.562 bits per heavy atom. The molecule has 4 aromatic rings. The van der Waals surface area contributed by atoms with Gasteiger partial charge >= 0.3 is 5.97 Å². The molecule has 0 saturated carbocycles. The number of para-hydroxylation sites is 1. The van der Waals surface area contributed by atoms with E-state index in [9.17, 15) is 53.4 Å². The molecule has 2 aromatic heterocycles. The third kappa shape index (κ3) is 20.4. The summed E-state index contributed by atoms with van der Waals surface area (Å²) < 4.78 is 0. The highest BCUT2D eigenvalue weighted by molar-refractivity contribution is 7.80. The van der Waals surface area contributed by atoms with Crippen LogP contribution in [0.3, 0.4) is 0 Å². The maximum absolute atomic E-state index is 14.9. The highest BCUT2D eigenvalue weighted by atomic mass is 32.1. The number of H-pyrrole nitrogens is 2. The molecular formula is C56H82N12O11S. The second-order valence-electron chi connectivity index (χ2n) is 21.5. The van der Waals surface area contributed by atoms with Crippen molar-refractivity contribution in [3.8, 4) is 0 Å². The molecule has 0 unspecified atom stereocenters. The van der Waals surface area contributed by atoms with Gasteiger partial charge in [0.15, 0.2) is 0 Å². The molecule has 10 atom stereocenters. The summed E-state index contributed by atoms with van der Waals surface area (Å²) in [5.74, 6) is -8.51. The van der Waals surface area contributed by atoms with Crippen LogP contribution >= 0.6 is 12.6 Å². The Morgan fingerprint density at radius 3 is 1.61 bits per heavy atom. The van der Waals surface area contributed by atoms with Gasteiger partial charge in [0.2, 0.25) is 47.3 Å². The van der Waals surface area contributed by atoms with Gasteiger partial charge in [-0.25, -0.2) is 9.78 Å². The molecule has 2 aromatic carbocycles. The van der Waals surface area contributed by atoms with Crippen LogP contribution in [0.1, 0.15) is 97.9 Å². The van der Waals surface area contributed by atoms with Gasteiger partial charge in [-0.15, -0.1) is 0 Å². The Morgan fingerprint density at radius 2 is 1.05 bits per heavy atom. The number of imidazole rings is 1. The molecule has 0 aliphatic rings. The zero-order valence-corrected chi connectivity index (χ0v) is 47.7. The van der Waals surface area contributed by atoms with Gasteiger partial charge in [0.05, 0.1) is 19.0 Å². The topological polar surface area (TPSA) is 361 Å². The minimum Gasteiger partial charge on any atom is -0.480 e. The number of aliphatic hydroxyl groups excluding tert-OH is 1. The number of carbonyl (C=O) groups excluding carboxylic acids is 8. The molecule has 2 heterocycles. The molecule has 0 saturated heterocycles. The van der Waals surface area contributed by atoms with E-state index < -0.39 is 120 Å². The second kappa shape index (κ2) is 32.1. The lowest BCUT2D eigenvalue weighted by molar-refractivity contribution is -0.142. The highest BCUT2D eigenvalue weighted by Gasteiger charge is 2.37. The fraction of sp³-hybridized carbons (Fsp3) is 0.536. The lowest BCUT2D eigenvalue weighted by Gasteiger charge is -2.29. The van der Waals surface area contributed by atoms with Crippen molar-refractivity contribution in [2.75, 3.05) is 12.4 Å². The minimum atomic E-state index is -1.65. The third-order valence-electron chi connectivity index (χ3n) is 13.4. The number of nitrogens with one attached hydrogen (secondary N) is 10. The molecule has 0 fully saturated rings. The van der Waals surface area contributed by atoms with E-state index in [2.05, 4.69) is 70.1 Å². The minimum absolute atomic E-state index is 0.0457. The number of benzene rings is 2. The fourth-order valence-corrected chi connectivity index (χ4v) is 9.13. The molecule has 23 nitrogen and oxygen atoms in total. The predicted molar refractivity (Wildman–Crippen MR) is 304 cm³/mol. The van der Waals surface area contributed by atoms with Crippen LogP contribution < -0.4 is 48.3 Å². The molecule has 4 rings (SSSR count). The van der Waals surface area contributed by atoms with Gasteiger partial charge in [-0.05, 0) is 60.1 Å². The SMILES string of the molecule is CC[C@H](C)[C@H](NC(=O)[C@H](Cc1cnc[nH]1)NC(=O)[C@H](Cc1ccccc1)NC(=O)[C@H](Cc1c[nH]c2ccccc12)NC(=O)[C@H](CC(C)C)NC(=O)[C@@H](N)CC(C)C)C(=O)N[C@@H](CO)C(=O)N[C@@H](CS)C(=O)N[C@@H](CC(C)C)C(=O)O. The van der Waals surface area contributed by atoms with Crippen LogP contribution in [-0.2, 0) is 62.4 Å². The first-order valence-corrected chi connectivity index (χ1v) is 27.8. The number of carboxylic acid groups (broad SMARTS) is 1. The number of carboxylic acids is 1. The lowest BCUT2D eigenvalue weighted by Crippen LogP contribution is -2.62. The number of nitrogens with two attached hydrogens (primary N) is 1. The van der Waals surface area contributed by atoms with Crippen molar-refractivity contribution in [3.63, 3.8) is 0 Å². The largest absolute Gasteiger partial charge is 0.480 e. The number of nitrogens with zero attached hydrogens (tertiary/aromatic N) is 1. The first kappa shape index (κ1) is 65.2. The van der Waals surface area contributed by atoms with Crippen LogP contribution in [0, 0.1) is 23.7 Å². The molecule has 14 N–H and O–H groups in total. The predicted octanol–water partition coefficient (Wildman–Crippen LogP) is 1.32. The smallest absolute Gasteiger partial charge is 0.326 e. The van der Waals surface area contributed by atoms with Gasteiger partial charge < -0.3 is 68.4 Å². The maximum atomic E-state index is 14.9. The van der Waals surface area contributed by atoms with Gasteiger partial charge in [-0.2, -0.15) is 12.6 Å². The van der Waals surface area contributed by atoms with Gasteiger partial charge in [0, 0.05) is 54.0 Å². The molecule has 24 heteroatoms. The van der Waals surface area contributed by atoms with Crippen LogP contribution in [0.2, 0.25) is 0 Å². The van der Waals surface area contributed by atoms with E-state index in [1.165, 1.54) is 12.5 Å². The summed E-state index contributed by atoms with van der Waals surface area (Å²) in [6.45, 7) is 13.7. The van der Waals surface area contributed by atoms with E-state index in [1.54, 1.807) is 64.2 Å². The van der Waals surface area contributed by atoms with Gasteiger partial charge in [0.25, 0.3) is 0 Å². The van der Waals surface area contributed by atoms with E-state index >= 15 is 0 Å². The van der Waals surface area contributed by atoms with Crippen LogP contribution in [0.5, 0.6) is 0 Å². The van der Waals surface area contributed by atoms with Gasteiger partial charge in [0.1, 0.15) is 48.3 Å². The standard InChI is InChI=1S/C56H82N12O11S/c1-9-33(8)47(55(77)66-45(27-69)53(75)67-46(28-80)54(76)65-44(56(78)79)21-32(6)7)68-52(74)43(24-36-26-58-29-60-36)64-50(72)41(22-34-15-11-10-12-16-34)62-51(73)42(23-35-25-59-39-18-14-13-17-37(35)39)63-49(71)40(20-31(4)5)61-48(70)38(57)19-30(2)3/h10-18,25-26,29-33,38,40-47,59,69,80H,9,19-24,27-28,57H2,1-8H3,(H,58,60)(H,61,70)(H,62,73)(H,63,71)(H,64,72)(H,65,76)(H,66,77)(H,67,75)(H,68,74)(H,78,79)/t33-,38-,40-,41-,42-,43-,44-,45-,46-,47-/m0/s1. The number of aliphatic hydroxyl groups is 1. The van der Waals surface area contributed by atoms with Crippen LogP contribution in [0.15, 0.2) is 73.3 Å². The van der Waals surface area contributed by atoms with Crippen molar-refractivity contribution < 1.29 is 53.4 Å².